The van der Waals surface area contributed by atoms with Crippen LogP contribution in [0.25, 0.3) is 0 Å². The van der Waals surface area contributed by atoms with E-state index in [0.717, 1.165) is 10.4 Å². The third kappa shape index (κ3) is 12.3. The fourth-order valence-electron chi connectivity index (χ4n) is 6.42. The summed E-state index contributed by atoms with van der Waals surface area (Å²) < 4.78 is 107. The van der Waals surface area contributed by atoms with Crippen LogP contribution in [0.4, 0.5) is 0 Å². The average Bonchev–Trinajstić information content (AvgIpc) is 3.05. The molecule has 2 aromatic rings. The molecule has 2 aliphatic heterocycles. The van der Waals surface area contributed by atoms with Crippen molar-refractivity contribution in [3.8, 4) is 0 Å². The first-order valence-corrected chi connectivity index (χ1v) is 20.8. The predicted molar refractivity (Wildman–Crippen MR) is 178 cm³/mol. The van der Waals surface area contributed by atoms with E-state index in [1.165, 1.54) is 0 Å². The van der Waals surface area contributed by atoms with Gasteiger partial charge in [-0.05, 0) is 21.8 Å². The fraction of sp³-hybridized carbons (Fsp3) is 0.613. The van der Waals surface area contributed by atoms with Gasteiger partial charge in [0, 0.05) is 6.61 Å². The Morgan fingerprint density at radius 3 is 1.79 bits per heavy atom. The summed E-state index contributed by atoms with van der Waals surface area (Å²) >= 11 is 0. The Bertz CT molecular complexity index is 1590. The second kappa shape index (κ2) is 20.6. The van der Waals surface area contributed by atoms with E-state index in [2.05, 4.69) is 4.18 Å². The van der Waals surface area contributed by atoms with Gasteiger partial charge in [-0.15, -0.1) is 0 Å². The van der Waals surface area contributed by atoms with Crippen LogP contribution < -0.4 is 74.2 Å². The average molecular weight is 826 g/mol. The summed E-state index contributed by atoms with van der Waals surface area (Å²) in [4.78, 5) is 0. The first kappa shape index (κ1) is 49.2. The quantitative estimate of drug-likeness (QED) is 0.0635. The van der Waals surface area contributed by atoms with Crippen LogP contribution in [-0.2, 0) is 48.3 Å². The van der Waals surface area contributed by atoms with E-state index in [1.807, 2.05) is 81.4 Å². The van der Waals surface area contributed by atoms with Gasteiger partial charge in [-0.25, -0.2) is 21.6 Å². The van der Waals surface area contributed by atoms with Gasteiger partial charge in [-0.1, -0.05) is 88.4 Å². The van der Waals surface area contributed by atoms with Gasteiger partial charge in [0.25, 0.3) is 8.32 Å². The second-order valence-electron chi connectivity index (χ2n) is 13.3. The van der Waals surface area contributed by atoms with E-state index in [1.54, 1.807) is 11.6 Å². The van der Waals surface area contributed by atoms with Crippen molar-refractivity contribution >= 4 is 39.4 Å². The zero-order valence-electron chi connectivity index (χ0n) is 30.4. The number of hydrogen-bond donors (Lipinski definition) is 5. The Morgan fingerprint density at radius 1 is 0.811 bits per heavy atom. The number of rotatable bonds is 15. The van der Waals surface area contributed by atoms with Crippen molar-refractivity contribution in [3.05, 3.63) is 60.7 Å². The molecular weight excluding hydrogens is 781 g/mol. The molecule has 0 radical (unpaired) electrons. The Labute approximate surface area is 355 Å². The number of hydrogen-bond acceptors (Lipinski definition) is 16. The van der Waals surface area contributed by atoms with Crippen molar-refractivity contribution in [1.82, 2.24) is 4.72 Å². The van der Waals surface area contributed by atoms with Gasteiger partial charge in [-0.3, -0.25) is 4.18 Å². The summed E-state index contributed by atoms with van der Waals surface area (Å²) in [5.74, 6) is 0. The minimum Gasteiger partial charge on any atom is -0.735 e. The van der Waals surface area contributed by atoms with Crippen LogP contribution in [0.3, 0.4) is 0 Å². The molecule has 2 aliphatic rings. The topological polar surface area (TPSA) is 263 Å². The van der Waals surface area contributed by atoms with Crippen LogP contribution in [0.15, 0.2) is 60.7 Å². The zero-order valence-corrected chi connectivity index (χ0v) is 37.0. The minimum atomic E-state index is -5.58. The molecule has 53 heavy (non-hydrogen) atoms. The van der Waals surface area contributed by atoms with Crippen molar-refractivity contribution in [2.24, 2.45) is 0 Å². The smallest absolute Gasteiger partial charge is 0.735 e. The molecule has 288 valence electrons. The summed E-state index contributed by atoms with van der Waals surface area (Å²) in [5.41, 5.74) is 0. The molecule has 10 atom stereocenters. The largest absolute Gasteiger partial charge is 1.00 e. The summed E-state index contributed by atoms with van der Waals surface area (Å²) in [5, 5.41) is 43.8. The SMILES string of the molecule is CCCO[C@@H]1O[C@H](CO[Si](c2ccccc2)(c2ccccc2)C(C)(C)C)[C@@H](O[C@@H]2O[C@@H](CO)[C@@H](O)[C@H](O)[C@H]2OS(=O)(=O)[O-])[C@H](O)[C@H]1NS(=O)(=O)[O-].[Na+].[Na+]. The number of ether oxygens (including phenoxy) is 4. The third-order valence-electron chi connectivity index (χ3n) is 8.67. The molecule has 0 amide bonds. The number of benzene rings is 2. The monoisotopic (exact) mass is 825 g/mol. The zero-order chi connectivity index (χ0) is 37.8. The van der Waals surface area contributed by atoms with E-state index < -0.39 is 102 Å². The van der Waals surface area contributed by atoms with Crippen LogP contribution in [0.1, 0.15) is 34.1 Å². The molecule has 2 saturated heterocycles. The molecule has 4 rings (SSSR count). The number of nitrogens with one attached hydrogen (secondary N) is 1. The summed E-state index contributed by atoms with van der Waals surface area (Å²) in [6.45, 7) is 6.46. The Balaban J connectivity index is 0.00000486. The molecule has 5 N–H and O–H groups in total. The van der Waals surface area contributed by atoms with E-state index in [0.29, 0.717) is 6.42 Å². The van der Waals surface area contributed by atoms with Gasteiger partial charge in [0.05, 0.1) is 13.2 Å². The van der Waals surface area contributed by atoms with Crippen LogP contribution in [0.5, 0.6) is 0 Å². The van der Waals surface area contributed by atoms with Crippen LogP contribution in [0, 0.1) is 0 Å². The van der Waals surface area contributed by atoms with Crippen LogP contribution in [0.2, 0.25) is 5.04 Å². The fourth-order valence-corrected chi connectivity index (χ4v) is 12.0. The van der Waals surface area contributed by atoms with Crippen LogP contribution >= 0.6 is 0 Å². The van der Waals surface area contributed by atoms with Gasteiger partial charge in [0.15, 0.2) is 29.0 Å². The van der Waals surface area contributed by atoms with Gasteiger partial charge in [0.1, 0.15) is 42.7 Å². The van der Waals surface area contributed by atoms with E-state index >= 15 is 0 Å². The van der Waals surface area contributed by atoms with Gasteiger partial charge < -0.3 is 52.9 Å². The molecule has 0 bridgehead atoms. The van der Waals surface area contributed by atoms with E-state index in [9.17, 15) is 46.4 Å². The Hall–Kier alpha value is 0.0369. The van der Waals surface area contributed by atoms with Crippen LogP contribution in [-0.4, -0.2) is 136 Å². The third-order valence-corrected chi connectivity index (χ3v) is 14.7. The molecule has 0 aliphatic carbocycles. The first-order valence-electron chi connectivity index (χ1n) is 16.2. The standard InChI is InChI=1S/C31H47NO16S2Si.2Na/c1-5-16-43-29-23(32-49(37,38)39)25(35)27(47-30-28(48-50(40,41)42)26(36)24(34)21(17-33)45-30)22(46-29)18-44-51(31(2,3)4,19-12-8-6-9-13-19)20-14-10-7-11-15-20;;/h6-15,21-30,32-36H,5,16-18H2,1-4H3,(H,37,38,39)(H,40,41,42);;/q;2*+1/p-2/t21-,22+,23+,24+,25+,26-,27+,28+,29+,30-;;/m0../s1. The normalized spacial score (nSPS) is 29.8. The van der Waals surface area contributed by atoms with E-state index in [-0.39, 0.29) is 72.3 Å². The van der Waals surface area contributed by atoms with Crippen molar-refractivity contribution < 1.29 is 133 Å². The summed E-state index contributed by atoms with van der Waals surface area (Å²) in [7, 11) is -14.2. The van der Waals surface area contributed by atoms with Gasteiger partial charge >= 0.3 is 59.1 Å². The van der Waals surface area contributed by atoms with Gasteiger partial charge in [0.2, 0.25) is 10.4 Å². The van der Waals surface area contributed by atoms with Crippen molar-refractivity contribution in [2.45, 2.75) is 101 Å². The maximum absolute atomic E-state index is 11.9. The van der Waals surface area contributed by atoms with Crippen molar-refractivity contribution in [3.63, 3.8) is 0 Å². The van der Waals surface area contributed by atoms with Gasteiger partial charge in [-0.2, -0.15) is 0 Å². The minimum absolute atomic E-state index is 0. The maximum atomic E-state index is 11.9. The first-order chi connectivity index (χ1) is 23.8. The molecule has 0 spiro atoms. The summed E-state index contributed by atoms with van der Waals surface area (Å²) in [6.07, 6.45) is -16.4. The Kier molecular flexibility index (Phi) is 19.2. The molecular formula is C31H45NNa2O16S2Si. The molecule has 22 heteroatoms. The molecule has 2 aromatic carbocycles. The van der Waals surface area contributed by atoms with Crippen molar-refractivity contribution in [1.29, 1.82) is 0 Å². The summed E-state index contributed by atoms with van der Waals surface area (Å²) in [6, 6.07) is 17.0. The predicted octanol–water partition coefficient (Wildman–Crippen LogP) is -7.83. The van der Waals surface area contributed by atoms with Crippen molar-refractivity contribution in [2.75, 3.05) is 19.8 Å². The molecule has 17 nitrogen and oxygen atoms in total. The molecule has 0 unspecified atom stereocenters. The number of aliphatic hydroxyl groups is 4. The number of aliphatic hydroxyl groups excluding tert-OH is 4. The Morgan fingerprint density at radius 2 is 1.34 bits per heavy atom. The second-order valence-corrected chi connectivity index (χ2v) is 19.7. The molecule has 2 fully saturated rings. The molecule has 0 aromatic heterocycles. The maximum Gasteiger partial charge on any atom is 1.00 e. The van der Waals surface area contributed by atoms with E-state index in [4.69, 9.17) is 23.4 Å². The molecule has 2 heterocycles. The molecule has 0 saturated carbocycles.